The molecule has 7 aromatic heterocycles. The van der Waals surface area contributed by atoms with Crippen LogP contribution in [0.3, 0.4) is 0 Å². The smallest absolute Gasteiger partial charge is 0.354 e. The maximum Gasteiger partial charge on any atom is 0.354 e. The number of hydrogen-bond donors (Lipinski definition) is 18. The van der Waals surface area contributed by atoms with E-state index in [1.807, 2.05) is 0 Å². The highest BCUT2D eigenvalue weighted by molar-refractivity contribution is 5.95. The highest BCUT2D eigenvalue weighted by atomic mass is 16.4. The summed E-state index contributed by atoms with van der Waals surface area (Å²) in [4.78, 5) is 77.6. The molecule has 24 N–H and O–H groups in total. The number of carboxylic acid groups (broad SMARTS) is 4. The Labute approximate surface area is 465 Å². The van der Waals surface area contributed by atoms with Crippen molar-refractivity contribution in [2.45, 2.75) is 0 Å². The summed E-state index contributed by atoms with van der Waals surface area (Å²) in [6, 6.07) is 20.4. The number of nitrogen functional groups attached to an aromatic ring is 6. The van der Waals surface area contributed by atoms with Gasteiger partial charge in [0.25, 0.3) is 0 Å². The number of fused-ring (bicyclic) bond motifs is 4. The number of carbonyl (C=O) groups is 4. The molecule has 12 rings (SSSR count). The van der Waals surface area contributed by atoms with E-state index in [4.69, 9.17) is 63.7 Å². The number of nitrogens with zero attached hydrogens (tertiary/aromatic N) is 7. The summed E-state index contributed by atoms with van der Waals surface area (Å²) in [6.07, 6.45) is 2.58. The van der Waals surface area contributed by atoms with Crippen LogP contribution < -0.4 is 34.4 Å². The van der Waals surface area contributed by atoms with Gasteiger partial charge in [0.1, 0.15) is 85.5 Å². The maximum absolute atomic E-state index is 10.9. The molecule has 0 saturated heterocycles. The predicted molar refractivity (Wildman–Crippen MR) is 300 cm³/mol. The molecule has 0 aliphatic carbocycles. The molecular formula is C53H41N15O16. The average Bonchev–Trinajstić information content (AvgIpc) is 2.64. The van der Waals surface area contributed by atoms with Gasteiger partial charge in [0.2, 0.25) is 11.8 Å². The SMILES string of the molecule is Nc1cc2[nH]c(-c3cc(O)c(C(=O)O)cc3O)nc2nc1N.Nc1cc2nc(-c3cc(O)c(C(=O)O)cc3O)[nH]c2cc1N.Nc1cc2nc(-c3ccc(C(=O)O)cn3)oc2cc1O.Nc1cc2nc(-c3ccc(C(=O)O)nc3)oc2cc1O. The number of oxazole rings is 2. The minimum Gasteiger partial charge on any atom is -0.507 e. The van der Waals surface area contributed by atoms with E-state index >= 15 is 0 Å². The molecular weight excluding hydrogens is 1100 g/mol. The second-order valence-corrected chi connectivity index (χ2v) is 17.7. The standard InChI is InChI=1S/C14H12N4O4.C13H11N5O4.2C13H9N3O4/c15-7-3-9-10(4-8(7)16)18-13(17-9)5-1-12(20)6(14(21)22)2-11(5)19;14-6-3-7-12(17-10(6)15)18-11(16-7)4-1-9(20)5(13(21)22)2-8(4)19;14-7-3-9-11(4-10(7)17)20-12(16-9)8-2-1-6(5-15-8)13(18)19;14-7-3-9-11(4-10(7)17)20-12(16-9)6-1-2-8(13(18)19)15-5-6/h1-4,19-20H,15-16H2,(H,17,18)(H,21,22);1-3,19-20H,14H2,(H,21,22)(H3,15,16,17,18);2*1-5,17H,14H2,(H,18,19). The van der Waals surface area contributed by atoms with Crippen molar-refractivity contribution in [2.24, 2.45) is 0 Å². The first-order valence-electron chi connectivity index (χ1n) is 23.6. The first kappa shape index (κ1) is 55.7. The van der Waals surface area contributed by atoms with Crippen LogP contribution in [0.1, 0.15) is 41.6 Å². The van der Waals surface area contributed by atoms with Crippen molar-refractivity contribution < 1.29 is 79.1 Å². The monoisotopic (exact) mass is 1140 g/mol. The number of carboxylic acids is 4. The molecule has 0 radical (unpaired) electrons. The van der Waals surface area contributed by atoms with E-state index in [-0.39, 0.29) is 97.3 Å². The molecule has 0 unspecified atom stereocenters. The van der Waals surface area contributed by atoms with Gasteiger partial charge in [-0.15, -0.1) is 0 Å². The van der Waals surface area contributed by atoms with Crippen molar-refractivity contribution >= 4 is 103 Å². The van der Waals surface area contributed by atoms with Crippen LogP contribution >= 0.6 is 0 Å². The van der Waals surface area contributed by atoms with Crippen LogP contribution in [0.2, 0.25) is 0 Å². The lowest BCUT2D eigenvalue weighted by Crippen LogP contribution is -1.99. The van der Waals surface area contributed by atoms with Crippen molar-refractivity contribution in [1.29, 1.82) is 0 Å². The quantitative estimate of drug-likeness (QED) is 0.0460. The number of nitrogens with one attached hydrogen (secondary N) is 2. The average molecular weight is 1140 g/mol. The number of phenols is 6. The fourth-order valence-electron chi connectivity index (χ4n) is 7.68. The molecule has 7 heterocycles. The van der Waals surface area contributed by atoms with Gasteiger partial charge in [-0.3, -0.25) is 4.98 Å². The Balaban J connectivity index is 0.000000134. The summed E-state index contributed by atoms with van der Waals surface area (Å²) >= 11 is 0. The number of H-pyrrole nitrogens is 2. The molecule has 424 valence electrons. The number of aromatic hydroxyl groups is 6. The van der Waals surface area contributed by atoms with E-state index < -0.39 is 46.5 Å². The van der Waals surface area contributed by atoms with E-state index in [0.717, 1.165) is 24.3 Å². The van der Waals surface area contributed by atoms with Crippen molar-refractivity contribution in [3.05, 3.63) is 126 Å². The molecule has 31 nitrogen and oxygen atoms in total. The van der Waals surface area contributed by atoms with Gasteiger partial charge in [-0.2, -0.15) is 0 Å². The molecule has 0 spiro atoms. The topological polar surface area (TPSA) is 575 Å². The lowest BCUT2D eigenvalue weighted by Gasteiger charge is -2.05. The highest BCUT2D eigenvalue weighted by Crippen LogP contribution is 2.38. The number of aromatic nitrogens is 9. The van der Waals surface area contributed by atoms with Crippen LogP contribution in [-0.4, -0.2) is 120 Å². The van der Waals surface area contributed by atoms with E-state index in [1.54, 1.807) is 18.2 Å². The van der Waals surface area contributed by atoms with E-state index in [1.165, 1.54) is 60.9 Å². The van der Waals surface area contributed by atoms with E-state index in [9.17, 15) is 49.8 Å². The fraction of sp³-hybridized carbons (Fsp3) is 0. The molecule has 0 aliphatic heterocycles. The van der Waals surface area contributed by atoms with Crippen LogP contribution in [0.25, 0.3) is 90.2 Å². The van der Waals surface area contributed by atoms with Crippen LogP contribution in [0.15, 0.2) is 112 Å². The Morgan fingerprint density at radius 2 is 0.952 bits per heavy atom. The Morgan fingerprint density at radius 3 is 1.48 bits per heavy atom. The first-order chi connectivity index (χ1) is 39.8. The molecule has 0 atom stereocenters. The molecule has 84 heavy (non-hydrogen) atoms. The Morgan fingerprint density at radius 1 is 0.429 bits per heavy atom. The highest BCUT2D eigenvalue weighted by Gasteiger charge is 2.21. The largest absolute Gasteiger partial charge is 0.507 e. The van der Waals surface area contributed by atoms with Crippen LogP contribution in [0, 0.1) is 0 Å². The van der Waals surface area contributed by atoms with Gasteiger partial charge < -0.3 is 104 Å². The summed E-state index contributed by atoms with van der Waals surface area (Å²) in [5.74, 6) is -5.61. The molecule has 0 aliphatic rings. The molecule has 31 heteroatoms. The van der Waals surface area contributed by atoms with E-state index in [2.05, 4.69) is 44.9 Å². The third kappa shape index (κ3) is 11.4. The van der Waals surface area contributed by atoms with Crippen molar-refractivity contribution in [1.82, 2.24) is 44.9 Å². The zero-order valence-electron chi connectivity index (χ0n) is 42.3. The summed E-state index contributed by atoms with van der Waals surface area (Å²) in [6.45, 7) is 0. The van der Waals surface area contributed by atoms with Crippen LogP contribution in [0.4, 0.5) is 34.3 Å². The van der Waals surface area contributed by atoms with Gasteiger partial charge in [-0.05, 0) is 78.9 Å². The second-order valence-electron chi connectivity index (χ2n) is 17.7. The molecule has 0 amide bonds. The second kappa shape index (κ2) is 22.0. The zero-order chi connectivity index (χ0) is 60.6. The lowest BCUT2D eigenvalue weighted by molar-refractivity contribution is 0.0680. The minimum atomic E-state index is -1.36. The Hall–Kier alpha value is -13.1. The third-order valence-corrected chi connectivity index (χ3v) is 12.0. The molecule has 0 fully saturated rings. The minimum absolute atomic E-state index is 0.0632. The van der Waals surface area contributed by atoms with Gasteiger partial charge in [-0.1, -0.05) is 0 Å². The Bertz CT molecular complexity index is 4170. The third-order valence-electron chi connectivity index (χ3n) is 12.0. The molecule has 0 bridgehead atoms. The lowest BCUT2D eigenvalue weighted by atomic mass is 10.1. The van der Waals surface area contributed by atoms with Gasteiger partial charge in [0.15, 0.2) is 16.8 Å². The number of phenolic OH excluding ortho intramolecular Hbond substituents is 4. The maximum atomic E-state index is 10.9. The summed E-state index contributed by atoms with van der Waals surface area (Å²) in [7, 11) is 0. The van der Waals surface area contributed by atoms with Crippen molar-refractivity contribution in [3.8, 4) is 80.3 Å². The molecule has 0 saturated carbocycles. The van der Waals surface area contributed by atoms with Gasteiger partial charge >= 0.3 is 23.9 Å². The van der Waals surface area contributed by atoms with Gasteiger partial charge in [-0.25, -0.2) is 49.1 Å². The van der Waals surface area contributed by atoms with Gasteiger partial charge in [0.05, 0.1) is 67.2 Å². The summed E-state index contributed by atoms with van der Waals surface area (Å²) in [5.41, 5.74) is 39.3. The number of aromatic carboxylic acids is 4. The van der Waals surface area contributed by atoms with E-state index in [0.29, 0.717) is 61.4 Å². The number of rotatable bonds is 8. The number of imidazole rings is 2. The number of anilines is 6. The van der Waals surface area contributed by atoms with Crippen molar-refractivity contribution in [3.63, 3.8) is 0 Å². The zero-order valence-corrected chi connectivity index (χ0v) is 42.3. The van der Waals surface area contributed by atoms with Crippen LogP contribution in [-0.2, 0) is 0 Å². The Kier molecular flexibility index (Phi) is 14.6. The number of aromatic amines is 2. The fourth-order valence-corrected chi connectivity index (χ4v) is 7.68. The van der Waals surface area contributed by atoms with Crippen LogP contribution in [0.5, 0.6) is 34.5 Å². The number of hydrogen-bond acceptors (Lipinski definition) is 25. The number of benzene rings is 5. The summed E-state index contributed by atoms with van der Waals surface area (Å²) in [5, 5.41) is 93.8. The van der Waals surface area contributed by atoms with Gasteiger partial charge in [0, 0.05) is 24.5 Å². The number of pyridine rings is 3. The normalized spacial score (nSPS) is 10.9. The number of nitrogens with two attached hydrogens (primary N) is 6. The molecule has 12 aromatic rings. The van der Waals surface area contributed by atoms with Crippen molar-refractivity contribution in [2.75, 3.05) is 34.4 Å². The first-order valence-corrected chi connectivity index (χ1v) is 23.6. The predicted octanol–water partition coefficient (Wildman–Crippen LogP) is 6.15. The summed E-state index contributed by atoms with van der Waals surface area (Å²) < 4.78 is 10.9. The molecule has 5 aromatic carbocycles.